The number of rotatable bonds is 7. The fraction of sp³-hybridized carbons (Fsp3) is 0.556. The Morgan fingerprint density at radius 1 is 1.19 bits per heavy atom. The quantitative estimate of drug-likeness (QED) is 0.738. The van der Waals surface area contributed by atoms with Crippen LogP contribution in [0.25, 0.3) is 0 Å². The van der Waals surface area contributed by atoms with Crippen molar-refractivity contribution in [2.75, 3.05) is 13.2 Å². The van der Waals surface area contributed by atoms with Crippen molar-refractivity contribution in [1.29, 1.82) is 0 Å². The van der Waals surface area contributed by atoms with Crippen LogP contribution in [0.1, 0.15) is 36.7 Å². The molecule has 0 spiro atoms. The van der Waals surface area contributed by atoms with Gasteiger partial charge >= 0.3 is 0 Å². The molecule has 26 heavy (non-hydrogen) atoms. The van der Waals surface area contributed by atoms with E-state index in [1.165, 1.54) is 17.1 Å². The Balaban J connectivity index is 1.49. The number of aryl methyl sites for hydroxylation is 1. The van der Waals surface area contributed by atoms with Crippen molar-refractivity contribution in [1.82, 2.24) is 19.3 Å². The Kier molecular flexibility index (Phi) is 4.81. The zero-order valence-electron chi connectivity index (χ0n) is 15.0. The molecule has 1 aliphatic carbocycles. The highest BCUT2D eigenvalue weighted by molar-refractivity contribution is 7.89. The van der Waals surface area contributed by atoms with Crippen LogP contribution >= 0.6 is 0 Å². The highest BCUT2D eigenvalue weighted by Crippen LogP contribution is 2.29. The molecule has 2 aromatic rings. The lowest BCUT2D eigenvalue weighted by molar-refractivity contribution is 0.107. The van der Waals surface area contributed by atoms with Crippen LogP contribution in [0.5, 0.6) is 0 Å². The molecule has 1 aliphatic heterocycles. The van der Waals surface area contributed by atoms with Crippen molar-refractivity contribution in [3.05, 3.63) is 41.2 Å². The smallest absolute Gasteiger partial charge is 0.243 e. The molecule has 0 atom stereocenters. The first-order chi connectivity index (χ1) is 12.6. The molecule has 8 heteroatoms. The molecule has 1 aromatic carbocycles. The van der Waals surface area contributed by atoms with Gasteiger partial charge in [-0.05, 0) is 42.9 Å². The minimum atomic E-state index is -3.52. The maximum atomic E-state index is 13.0. The van der Waals surface area contributed by atoms with Crippen LogP contribution in [0.15, 0.2) is 29.2 Å². The Bertz CT molecular complexity index is 872. The third-order valence-electron chi connectivity index (χ3n) is 5.06. The SMILES string of the molecule is CCc1ccc(S(=O)(=O)N2CCn3nnc(COCC4CC4)c3C2)cc1. The number of ether oxygens (including phenoxy) is 1. The minimum Gasteiger partial charge on any atom is -0.375 e. The lowest BCUT2D eigenvalue weighted by Crippen LogP contribution is -2.38. The van der Waals surface area contributed by atoms with Crippen LogP contribution in [0.4, 0.5) is 0 Å². The minimum absolute atomic E-state index is 0.285. The Hall–Kier alpha value is -1.77. The Morgan fingerprint density at radius 2 is 1.96 bits per heavy atom. The zero-order chi connectivity index (χ0) is 18.1. The predicted octanol–water partition coefficient (Wildman–Crippen LogP) is 1.97. The molecule has 0 saturated heterocycles. The van der Waals surface area contributed by atoms with Gasteiger partial charge in [-0.3, -0.25) is 0 Å². The first kappa shape index (κ1) is 17.6. The van der Waals surface area contributed by atoms with E-state index < -0.39 is 10.0 Å². The first-order valence-electron chi connectivity index (χ1n) is 9.16. The van der Waals surface area contributed by atoms with Crippen molar-refractivity contribution >= 4 is 10.0 Å². The summed E-state index contributed by atoms with van der Waals surface area (Å²) in [6.45, 7) is 4.39. The zero-order valence-corrected chi connectivity index (χ0v) is 15.8. The van der Waals surface area contributed by atoms with E-state index in [4.69, 9.17) is 4.74 Å². The molecule has 0 N–H and O–H groups in total. The number of fused-ring (bicyclic) bond motifs is 1. The van der Waals surface area contributed by atoms with E-state index in [1.54, 1.807) is 16.8 Å². The van der Waals surface area contributed by atoms with Gasteiger partial charge in [0.15, 0.2) is 0 Å². The van der Waals surface area contributed by atoms with Crippen LogP contribution in [-0.2, 0) is 40.9 Å². The maximum absolute atomic E-state index is 13.0. The lowest BCUT2D eigenvalue weighted by atomic mass is 10.2. The second kappa shape index (κ2) is 7.09. The largest absolute Gasteiger partial charge is 0.375 e. The van der Waals surface area contributed by atoms with Gasteiger partial charge in [0, 0.05) is 13.2 Å². The van der Waals surface area contributed by atoms with Crippen molar-refractivity contribution in [2.45, 2.75) is 50.8 Å². The summed E-state index contributed by atoms with van der Waals surface area (Å²) in [5.41, 5.74) is 2.70. The first-order valence-corrected chi connectivity index (χ1v) is 10.6. The number of benzene rings is 1. The van der Waals surface area contributed by atoms with Crippen LogP contribution in [0, 0.1) is 5.92 Å². The number of hydrogen-bond donors (Lipinski definition) is 0. The van der Waals surface area contributed by atoms with Gasteiger partial charge in [-0.1, -0.05) is 24.3 Å². The topological polar surface area (TPSA) is 77.3 Å². The fourth-order valence-electron chi connectivity index (χ4n) is 3.14. The molecule has 0 amide bonds. The third kappa shape index (κ3) is 3.54. The molecule has 1 saturated carbocycles. The van der Waals surface area contributed by atoms with Gasteiger partial charge in [-0.2, -0.15) is 4.31 Å². The summed E-state index contributed by atoms with van der Waals surface area (Å²) in [6, 6.07) is 7.13. The molecular weight excluding hydrogens is 352 g/mol. The molecular formula is C18H24N4O3S. The summed E-state index contributed by atoms with van der Waals surface area (Å²) in [7, 11) is -3.52. The van der Waals surface area contributed by atoms with Gasteiger partial charge in [0.2, 0.25) is 10.0 Å². The molecule has 1 aromatic heterocycles. The molecule has 7 nitrogen and oxygen atoms in total. The number of hydrogen-bond acceptors (Lipinski definition) is 5. The van der Waals surface area contributed by atoms with E-state index >= 15 is 0 Å². The third-order valence-corrected chi connectivity index (χ3v) is 6.92. The average molecular weight is 376 g/mol. The number of nitrogens with zero attached hydrogens (tertiary/aromatic N) is 4. The Labute approximate surface area is 154 Å². The van der Waals surface area contributed by atoms with Crippen LogP contribution in [0.2, 0.25) is 0 Å². The molecule has 0 bridgehead atoms. The van der Waals surface area contributed by atoms with E-state index in [1.807, 2.05) is 12.1 Å². The summed E-state index contributed by atoms with van der Waals surface area (Å²) in [5.74, 6) is 0.685. The summed E-state index contributed by atoms with van der Waals surface area (Å²) < 4.78 is 35.0. The fourth-order valence-corrected chi connectivity index (χ4v) is 4.54. The maximum Gasteiger partial charge on any atom is 0.243 e. The van der Waals surface area contributed by atoms with Gasteiger partial charge in [0.05, 0.1) is 30.3 Å². The summed E-state index contributed by atoms with van der Waals surface area (Å²) in [4.78, 5) is 0.335. The second-order valence-corrected chi connectivity index (χ2v) is 8.94. The number of aromatic nitrogens is 3. The summed E-state index contributed by atoms with van der Waals surface area (Å²) in [5, 5.41) is 8.34. The molecule has 4 rings (SSSR count). The highest BCUT2D eigenvalue weighted by Gasteiger charge is 2.31. The van der Waals surface area contributed by atoms with Crippen LogP contribution < -0.4 is 0 Å². The monoisotopic (exact) mass is 376 g/mol. The summed E-state index contributed by atoms with van der Waals surface area (Å²) in [6.07, 6.45) is 3.36. The highest BCUT2D eigenvalue weighted by atomic mass is 32.2. The van der Waals surface area contributed by atoms with E-state index in [2.05, 4.69) is 17.2 Å². The lowest BCUT2D eigenvalue weighted by Gasteiger charge is -2.27. The normalized spacial score (nSPS) is 18.0. The Morgan fingerprint density at radius 3 is 2.65 bits per heavy atom. The molecule has 0 unspecified atom stereocenters. The predicted molar refractivity (Wildman–Crippen MR) is 95.8 cm³/mol. The van der Waals surface area contributed by atoms with E-state index in [0.29, 0.717) is 30.5 Å². The van der Waals surface area contributed by atoms with E-state index in [0.717, 1.165) is 30.0 Å². The molecule has 140 valence electrons. The standard InChI is InChI=1S/C18H24N4O3S/c1-2-14-5-7-16(8-6-14)26(23,24)21-9-10-22-18(11-21)17(19-20-22)13-25-12-15-3-4-15/h5-8,15H,2-4,9-13H2,1H3. The van der Waals surface area contributed by atoms with Gasteiger partial charge in [-0.25, -0.2) is 13.1 Å². The summed E-state index contributed by atoms with van der Waals surface area (Å²) >= 11 is 0. The van der Waals surface area contributed by atoms with Crippen molar-refractivity contribution in [3.8, 4) is 0 Å². The average Bonchev–Trinajstić information content (AvgIpc) is 3.40. The van der Waals surface area contributed by atoms with Gasteiger partial charge < -0.3 is 4.74 Å². The van der Waals surface area contributed by atoms with Crippen LogP contribution in [-0.4, -0.2) is 40.9 Å². The van der Waals surface area contributed by atoms with E-state index in [-0.39, 0.29) is 6.54 Å². The van der Waals surface area contributed by atoms with Gasteiger partial charge in [0.1, 0.15) is 5.69 Å². The van der Waals surface area contributed by atoms with E-state index in [9.17, 15) is 8.42 Å². The van der Waals surface area contributed by atoms with Crippen LogP contribution in [0.3, 0.4) is 0 Å². The van der Waals surface area contributed by atoms with Gasteiger partial charge in [0.25, 0.3) is 0 Å². The van der Waals surface area contributed by atoms with Gasteiger partial charge in [-0.15, -0.1) is 5.10 Å². The van der Waals surface area contributed by atoms with Crippen molar-refractivity contribution in [2.24, 2.45) is 5.92 Å². The molecule has 1 fully saturated rings. The molecule has 0 radical (unpaired) electrons. The van der Waals surface area contributed by atoms with Crippen molar-refractivity contribution in [3.63, 3.8) is 0 Å². The van der Waals surface area contributed by atoms with Crippen molar-refractivity contribution < 1.29 is 13.2 Å². The number of sulfonamides is 1. The molecule has 2 aliphatic rings. The molecule has 2 heterocycles. The second-order valence-electron chi connectivity index (χ2n) is 7.00.